The number of likely N-dealkylation sites (tertiary alicyclic amines) is 1. The van der Waals surface area contributed by atoms with Gasteiger partial charge in [-0.15, -0.1) is 0 Å². The van der Waals surface area contributed by atoms with Crippen LogP contribution in [0.5, 0.6) is 0 Å². The summed E-state index contributed by atoms with van der Waals surface area (Å²) in [7, 11) is 0. The second-order valence-corrected chi connectivity index (χ2v) is 8.46. The van der Waals surface area contributed by atoms with Crippen molar-refractivity contribution in [2.75, 3.05) is 19.6 Å². The van der Waals surface area contributed by atoms with Crippen molar-refractivity contribution < 1.29 is 28.0 Å². The third-order valence-corrected chi connectivity index (χ3v) is 6.68. The molecule has 4 rings (SSSR count). The number of hydroxylamine groups is 1. The van der Waals surface area contributed by atoms with Crippen molar-refractivity contribution >= 4 is 11.8 Å². The Bertz CT molecular complexity index is 792. The molecule has 1 aliphatic carbocycles. The summed E-state index contributed by atoms with van der Waals surface area (Å²) in [6.45, 7) is 1.76. The molecule has 2 saturated heterocycles. The molecule has 0 radical (unpaired) electrons. The van der Waals surface area contributed by atoms with Gasteiger partial charge in [-0.25, -0.2) is 5.48 Å². The van der Waals surface area contributed by atoms with Gasteiger partial charge in [-0.3, -0.25) is 14.8 Å². The predicted octanol–water partition coefficient (Wildman–Crippen LogP) is 2.28. The van der Waals surface area contributed by atoms with E-state index in [9.17, 15) is 22.8 Å². The fourth-order valence-electron chi connectivity index (χ4n) is 4.81. The van der Waals surface area contributed by atoms with Gasteiger partial charge in [-0.1, -0.05) is 12.1 Å². The average Bonchev–Trinajstić information content (AvgIpc) is 3.27. The molecule has 0 bridgehead atoms. The zero-order valence-electron chi connectivity index (χ0n) is 15.8. The lowest BCUT2D eigenvalue weighted by Gasteiger charge is -2.35. The molecule has 2 amide bonds. The maximum absolute atomic E-state index is 13.1. The van der Waals surface area contributed by atoms with Crippen LogP contribution in [0.1, 0.15) is 42.7 Å². The summed E-state index contributed by atoms with van der Waals surface area (Å²) in [4.78, 5) is 27.0. The van der Waals surface area contributed by atoms with Gasteiger partial charge in [0, 0.05) is 37.0 Å². The Balaban J connectivity index is 1.43. The Labute approximate surface area is 166 Å². The quantitative estimate of drug-likeness (QED) is 0.404. The highest BCUT2D eigenvalue weighted by molar-refractivity contribution is 5.88. The molecule has 3 N–H and O–H groups in total. The first-order valence-electron chi connectivity index (χ1n) is 9.87. The van der Waals surface area contributed by atoms with Crippen LogP contribution < -0.4 is 10.8 Å². The van der Waals surface area contributed by atoms with Crippen molar-refractivity contribution in [2.24, 2.45) is 11.8 Å². The van der Waals surface area contributed by atoms with Crippen LogP contribution in [0.3, 0.4) is 0 Å². The number of nitrogens with one attached hydrogen (secondary N) is 2. The Morgan fingerprint density at radius 1 is 1.17 bits per heavy atom. The molecule has 6 nitrogen and oxygen atoms in total. The van der Waals surface area contributed by atoms with E-state index in [4.69, 9.17) is 5.21 Å². The monoisotopic (exact) mass is 411 g/mol. The number of alkyl halides is 3. The van der Waals surface area contributed by atoms with Gasteiger partial charge < -0.3 is 10.2 Å². The van der Waals surface area contributed by atoms with Crippen molar-refractivity contribution in [3.8, 4) is 0 Å². The van der Waals surface area contributed by atoms with E-state index < -0.39 is 29.5 Å². The summed E-state index contributed by atoms with van der Waals surface area (Å²) in [5.41, 5.74) is 1.71. The standard InChI is InChI=1S/C20H24F3N3O3/c21-20(22,23)14-3-1-12(2-4-14)13-6-8-26(10-13)18(28)15-5-7-19(11-24-19)9-16(15)17(27)25-29/h1-4,13,15-16,24,29H,5-11H2,(H,25,27). The number of benzene rings is 1. The molecule has 158 valence electrons. The van der Waals surface area contributed by atoms with E-state index in [1.807, 2.05) is 0 Å². The van der Waals surface area contributed by atoms with E-state index in [0.29, 0.717) is 32.4 Å². The highest BCUT2D eigenvalue weighted by Gasteiger charge is 2.53. The number of rotatable bonds is 3. The highest BCUT2D eigenvalue weighted by Crippen LogP contribution is 2.43. The zero-order chi connectivity index (χ0) is 20.8. The first kappa shape index (κ1) is 20.2. The summed E-state index contributed by atoms with van der Waals surface area (Å²) < 4.78 is 38.3. The Morgan fingerprint density at radius 3 is 2.45 bits per heavy atom. The number of amides is 2. The molecule has 1 saturated carbocycles. The largest absolute Gasteiger partial charge is 0.416 e. The lowest BCUT2D eigenvalue weighted by atomic mass is 9.72. The van der Waals surface area contributed by atoms with Crippen molar-refractivity contribution in [1.82, 2.24) is 15.7 Å². The molecule has 1 aromatic rings. The molecule has 9 heteroatoms. The summed E-state index contributed by atoms with van der Waals surface area (Å²) in [5.74, 6) is -1.73. The molecule has 2 aliphatic heterocycles. The molecule has 29 heavy (non-hydrogen) atoms. The van der Waals surface area contributed by atoms with Gasteiger partial charge in [-0.2, -0.15) is 13.2 Å². The van der Waals surface area contributed by atoms with Gasteiger partial charge in [-0.05, 0) is 43.4 Å². The normalized spacial score (nSPS) is 31.7. The van der Waals surface area contributed by atoms with Gasteiger partial charge in [0.25, 0.3) is 0 Å². The third-order valence-electron chi connectivity index (χ3n) is 6.68. The Morgan fingerprint density at radius 2 is 1.86 bits per heavy atom. The number of halogens is 3. The van der Waals surface area contributed by atoms with E-state index in [-0.39, 0.29) is 17.4 Å². The van der Waals surface area contributed by atoms with E-state index in [1.165, 1.54) is 12.1 Å². The van der Waals surface area contributed by atoms with Gasteiger partial charge in [0.1, 0.15) is 0 Å². The van der Waals surface area contributed by atoms with Crippen LogP contribution in [-0.4, -0.2) is 47.1 Å². The summed E-state index contributed by atoms with van der Waals surface area (Å²) in [6.07, 6.45) is -1.79. The predicted molar refractivity (Wildman–Crippen MR) is 96.9 cm³/mol. The van der Waals surface area contributed by atoms with Gasteiger partial charge >= 0.3 is 6.18 Å². The van der Waals surface area contributed by atoms with Crippen molar-refractivity contribution in [1.29, 1.82) is 0 Å². The van der Waals surface area contributed by atoms with E-state index in [0.717, 1.165) is 30.7 Å². The van der Waals surface area contributed by atoms with Crippen LogP contribution in [0.2, 0.25) is 0 Å². The Hall–Kier alpha value is -2.13. The minimum atomic E-state index is -4.37. The lowest BCUT2D eigenvalue weighted by molar-refractivity contribution is -0.147. The fourth-order valence-corrected chi connectivity index (χ4v) is 4.81. The van der Waals surface area contributed by atoms with Crippen molar-refractivity contribution in [3.63, 3.8) is 0 Å². The third kappa shape index (κ3) is 3.98. The zero-order valence-corrected chi connectivity index (χ0v) is 15.8. The number of nitrogens with zero attached hydrogens (tertiary/aromatic N) is 1. The molecule has 2 heterocycles. The van der Waals surface area contributed by atoms with Gasteiger partial charge in [0.15, 0.2) is 0 Å². The van der Waals surface area contributed by atoms with Crippen LogP contribution >= 0.6 is 0 Å². The first-order chi connectivity index (χ1) is 13.7. The average molecular weight is 411 g/mol. The number of carbonyl (C=O) groups excluding carboxylic acids is 2. The van der Waals surface area contributed by atoms with Crippen molar-refractivity contribution in [2.45, 2.75) is 43.3 Å². The van der Waals surface area contributed by atoms with Crippen LogP contribution in [0.25, 0.3) is 0 Å². The second kappa shape index (κ2) is 7.28. The summed E-state index contributed by atoms with van der Waals surface area (Å²) in [5, 5.41) is 12.4. The van der Waals surface area contributed by atoms with Gasteiger partial charge in [0.05, 0.1) is 11.5 Å². The molecule has 3 aliphatic rings. The summed E-state index contributed by atoms with van der Waals surface area (Å²) in [6, 6.07) is 5.11. The lowest BCUT2D eigenvalue weighted by Crippen LogP contribution is -2.47. The van der Waals surface area contributed by atoms with Crippen LogP contribution in [0.15, 0.2) is 24.3 Å². The summed E-state index contributed by atoms with van der Waals surface area (Å²) >= 11 is 0. The number of hydrogen-bond donors (Lipinski definition) is 3. The highest BCUT2D eigenvalue weighted by atomic mass is 19.4. The molecular formula is C20H24F3N3O3. The number of hydrogen-bond acceptors (Lipinski definition) is 4. The molecule has 4 unspecified atom stereocenters. The Kier molecular flexibility index (Phi) is 5.06. The van der Waals surface area contributed by atoms with Crippen LogP contribution in [0.4, 0.5) is 13.2 Å². The second-order valence-electron chi connectivity index (χ2n) is 8.46. The minimum absolute atomic E-state index is 0.0219. The number of carbonyl (C=O) groups is 2. The molecular weight excluding hydrogens is 387 g/mol. The SMILES string of the molecule is O=C(NO)C1CC2(CCC1C(=O)N1CCC(c3ccc(C(F)(F)F)cc3)C1)CN2. The molecule has 1 spiro atoms. The van der Waals surface area contributed by atoms with E-state index >= 15 is 0 Å². The molecule has 4 atom stereocenters. The van der Waals surface area contributed by atoms with Crippen LogP contribution in [-0.2, 0) is 15.8 Å². The van der Waals surface area contributed by atoms with E-state index in [1.54, 1.807) is 10.4 Å². The molecule has 3 fully saturated rings. The van der Waals surface area contributed by atoms with Crippen LogP contribution in [0, 0.1) is 11.8 Å². The first-order valence-corrected chi connectivity index (χ1v) is 9.87. The topological polar surface area (TPSA) is 91.6 Å². The smallest absolute Gasteiger partial charge is 0.342 e. The van der Waals surface area contributed by atoms with Crippen molar-refractivity contribution in [3.05, 3.63) is 35.4 Å². The molecule has 1 aromatic carbocycles. The fraction of sp³-hybridized carbons (Fsp3) is 0.600. The van der Waals surface area contributed by atoms with Gasteiger partial charge in [0.2, 0.25) is 11.8 Å². The van der Waals surface area contributed by atoms with E-state index in [2.05, 4.69) is 5.32 Å². The maximum Gasteiger partial charge on any atom is 0.416 e. The maximum atomic E-state index is 13.1. The molecule has 0 aromatic heterocycles. The minimum Gasteiger partial charge on any atom is -0.342 e.